The summed E-state index contributed by atoms with van der Waals surface area (Å²) in [5.74, 6) is 0.427. The van der Waals surface area contributed by atoms with Crippen molar-refractivity contribution in [3.63, 3.8) is 0 Å². The fourth-order valence-corrected chi connectivity index (χ4v) is 3.32. The number of nitrogens with one attached hydrogen (secondary N) is 1. The molecule has 1 atom stereocenters. The zero-order valence-electron chi connectivity index (χ0n) is 9.49. The molecule has 0 amide bonds. The van der Waals surface area contributed by atoms with E-state index in [1.807, 2.05) is 6.92 Å². The summed E-state index contributed by atoms with van der Waals surface area (Å²) in [7, 11) is -3.51. The van der Waals surface area contributed by atoms with Gasteiger partial charge >= 0.3 is 0 Å². The molecule has 96 valence electrons. The molecule has 1 rings (SSSR count). The predicted octanol–water partition coefficient (Wildman–Crippen LogP) is 3.03. The molecule has 0 spiro atoms. The molecule has 0 saturated heterocycles. The maximum atomic E-state index is 12.0. The highest BCUT2D eigenvalue weighted by Gasteiger charge is 2.18. The van der Waals surface area contributed by atoms with Crippen LogP contribution in [0.2, 0.25) is 5.02 Å². The first-order valence-corrected chi connectivity index (χ1v) is 7.73. The zero-order chi connectivity index (χ0) is 12.9. The SMILES string of the molecule is CCC(CCCl)NS(=O)(=O)c1cccc(Cl)c1. The molecule has 17 heavy (non-hydrogen) atoms. The Bertz CT molecular complexity index is 462. The Labute approximate surface area is 112 Å². The number of hydrogen-bond donors (Lipinski definition) is 1. The summed E-state index contributed by atoms with van der Waals surface area (Å²) < 4.78 is 26.6. The van der Waals surface area contributed by atoms with E-state index >= 15 is 0 Å². The minimum atomic E-state index is -3.51. The van der Waals surface area contributed by atoms with Crippen LogP contribution in [0.5, 0.6) is 0 Å². The van der Waals surface area contributed by atoms with E-state index in [1.165, 1.54) is 12.1 Å². The van der Waals surface area contributed by atoms with E-state index in [0.29, 0.717) is 23.7 Å². The molecule has 0 aliphatic rings. The zero-order valence-corrected chi connectivity index (χ0v) is 11.8. The molecule has 3 nitrogen and oxygen atoms in total. The van der Waals surface area contributed by atoms with Crippen molar-refractivity contribution < 1.29 is 8.42 Å². The Hall–Kier alpha value is -0.290. The van der Waals surface area contributed by atoms with Crippen LogP contribution >= 0.6 is 23.2 Å². The molecule has 0 fully saturated rings. The van der Waals surface area contributed by atoms with Gasteiger partial charge in [-0.25, -0.2) is 13.1 Å². The Morgan fingerprint density at radius 3 is 2.65 bits per heavy atom. The van der Waals surface area contributed by atoms with Gasteiger partial charge in [0.15, 0.2) is 0 Å². The molecule has 0 bridgehead atoms. The number of benzene rings is 1. The van der Waals surface area contributed by atoms with Crippen molar-refractivity contribution in [2.75, 3.05) is 5.88 Å². The van der Waals surface area contributed by atoms with Crippen molar-refractivity contribution >= 4 is 33.2 Å². The van der Waals surface area contributed by atoms with Crippen LogP contribution in [0.1, 0.15) is 19.8 Å². The largest absolute Gasteiger partial charge is 0.240 e. The van der Waals surface area contributed by atoms with Crippen LogP contribution in [0.3, 0.4) is 0 Å². The van der Waals surface area contributed by atoms with Gasteiger partial charge in [0.2, 0.25) is 10.0 Å². The lowest BCUT2D eigenvalue weighted by atomic mass is 10.2. The van der Waals surface area contributed by atoms with Crippen molar-refractivity contribution in [2.24, 2.45) is 0 Å². The molecule has 0 aromatic heterocycles. The number of halogens is 2. The van der Waals surface area contributed by atoms with Gasteiger partial charge in [-0.05, 0) is 31.0 Å². The molecule has 0 aliphatic carbocycles. The molecular formula is C11H15Cl2NO2S. The Kier molecular flexibility index (Phi) is 5.73. The topological polar surface area (TPSA) is 46.2 Å². The van der Waals surface area contributed by atoms with Gasteiger partial charge in [0.05, 0.1) is 4.90 Å². The van der Waals surface area contributed by atoms with E-state index < -0.39 is 10.0 Å². The van der Waals surface area contributed by atoms with E-state index in [4.69, 9.17) is 23.2 Å². The highest BCUT2D eigenvalue weighted by atomic mass is 35.5. The van der Waals surface area contributed by atoms with E-state index in [-0.39, 0.29) is 10.9 Å². The molecule has 1 N–H and O–H groups in total. The average Bonchev–Trinajstić information content (AvgIpc) is 2.28. The van der Waals surface area contributed by atoms with E-state index in [1.54, 1.807) is 12.1 Å². The Morgan fingerprint density at radius 2 is 2.12 bits per heavy atom. The van der Waals surface area contributed by atoms with Crippen molar-refractivity contribution in [1.82, 2.24) is 4.72 Å². The first kappa shape index (κ1) is 14.8. The number of alkyl halides is 1. The summed E-state index contributed by atoms with van der Waals surface area (Å²) in [6.45, 7) is 1.91. The standard InChI is InChI=1S/C11H15Cl2NO2S/c1-2-10(6-7-12)14-17(15,16)11-5-3-4-9(13)8-11/h3-5,8,10,14H,2,6-7H2,1H3. The Balaban J connectivity index is 2.88. The molecule has 6 heteroatoms. The minimum Gasteiger partial charge on any atom is -0.208 e. The summed E-state index contributed by atoms with van der Waals surface area (Å²) in [5, 5.41) is 0.401. The first-order valence-electron chi connectivity index (χ1n) is 5.33. The Morgan fingerprint density at radius 1 is 1.41 bits per heavy atom. The second kappa shape index (κ2) is 6.59. The second-order valence-electron chi connectivity index (χ2n) is 3.66. The number of sulfonamides is 1. The van der Waals surface area contributed by atoms with Crippen LogP contribution in [0.15, 0.2) is 29.2 Å². The third-order valence-electron chi connectivity index (χ3n) is 2.38. The molecule has 0 heterocycles. The molecule has 1 aromatic carbocycles. The highest BCUT2D eigenvalue weighted by molar-refractivity contribution is 7.89. The smallest absolute Gasteiger partial charge is 0.208 e. The molecule has 0 radical (unpaired) electrons. The summed E-state index contributed by atoms with van der Waals surface area (Å²) in [6.07, 6.45) is 1.31. The van der Waals surface area contributed by atoms with E-state index in [0.717, 1.165) is 0 Å². The molecule has 0 saturated carbocycles. The van der Waals surface area contributed by atoms with Crippen LogP contribution in [0.4, 0.5) is 0 Å². The summed E-state index contributed by atoms with van der Waals surface area (Å²) in [5.41, 5.74) is 0. The lowest BCUT2D eigenvalue weighted by Gasteiger charge is -2.15. The quantitative estimate of drug-likeness (QED) is 0.820. The van der Waals surface area contributed by atoms with Gasteiger partial charge in [-0.3, -0.25) is 0 Å². The van der Waals surface area contributed by atoms with Crippen LogP contribution < -0.4 is 4.72 Å². The first-order chi connectivity index (χ1) is 7.99. The van der Waals surface area contributed by atoms with Crippen LogP contribution in [-0.2, 0) is 10.0 Å². The predicted molar refractivity (Wildman–Crippen MR) is 71.2 cm³/mol. The fraction of sp³-hybridized carbons (Fsp3) is 0.455. The molecule has 1 aromatic rings. The monoisotopic (exact) mass is 295 g/mol. The van der Waals surface area contributed by atoms with E-state index in [9.17, 15) is 8.42 Å². The normalized spacial score (nSPS) is 13.6. The number of hydrogen-bond acceptors (Lipinski definition) is 2. The fourth-order valence-electron chi connectivity index (χ4n) is 1.40. The van der Waals surface area contributed by atoms with Crippen LogP contribution in [0, 0.1) is 0 Å². The summed E-state index contributed by atoms with van der Waals surface area (Å²) >= 11 is 11.4. The maximum absolute atomic E-state index is 12.0. The van der Waals surface area contributed by atoms with Gasteiger partial charge < -0.3 is 0 Å². The third kappa shape index (κ3) is 4.47. The third-order valence-corrected chi connectivity index (χ3v) is 4.35. The second-order valence-corrected chi connectivity index (χ2v) is 6.19. The molecular weight excluding hydrogens is 281 g/mol. The van der Waals surface area contributed by atoms with Gasteiger partial charge in [-0.2, -0.15) is 0 Å². The molecule has 0 aliphatic heterocycles. The summed E-state index contributed by atoms with van der Waals surface area (Å²) in [6, 6.07) is 6.05. The van der Waals surface area contributed by atoms with Gasteiger partial charge in [0.25, 0.3) is 0 Å². The van der Waals surface area contributed by atoms with Gasteiger partial charge in [0, 0.05) is 16.9 Å². The highest BCUT2D eigenvalue weighted by Crippen LogP contribution is 2.16. The maximum Gasteiger partial charge on any atom is 0.240 e. The van der Waals surface area contributed by atoms with Crippen molar-refractivity contribution in [1.29, 1.82) is 0 Å². The average molecular weight is 296 g/mol. The van der Waals surface area contributed by atoms with Crippen molar-refractivity contribution in [2.45, 2.75) is 30.7 Å². The van der Waals surface area contributed by atoms with Crippen molar-refractivity contribution in [3.05, 3.63) is 29.3 Å². The number of rotatable bonds is 6. The van der Waals surface area contributed by atoms with E-state index in [2.05, 4.69) is 4.72 Å². The summed E-state index contributed by atoms with van der Waals surface area (Å²) in [4.78, 5) is 0.179. The van der Waals surface area contributed by atoms with Crippen molar-refractivity contribution in [3.8, 4) is 0 Å². The lowest BCUT2D eigenvalue weighted by Crippen LogP contribution is -2.34. The minimum absolute atomic E-state index is 0.142. The van der Waals surface area contributed by atoms with Crippen LogP contribution in [0.25, 0.3) is 0 Å². The molecule has 1 unspecified atom stereocenters. The van der Waals surface area contributed by atoms with Crippen LogP contribution in [-0.4, -0.2) is 20.3 Å². The van der Waals surface area contributed by atoms with Gasteiger partial charge in [0.1, 0.15) is 0 Å². The lowest BCUT2D eigenvalue weighted by molar-refractivity contribution is 0.531. The van der Waals surface area contributed by atoms with Gasteiger partial charge in [-0.15, -0.1) is 11.6 Å². The van der Waals surface area contributed by atoms with Gasteiger partial charge in [-0.1, -0.05) is 24.6 Å².